The van der Waals surface area contributed by atoms with Gasteiger partial charge in [0.05, 0.1) is 26.6 Å². The first-order chi connectivity index (χ1) is 15.1. The third kappa shape index (κ3) is 5.43. The van der Waals surface area contributed by atoms with Crippen molar-refractivity contribution < 1.29 is 23.8 Å². The minimum absolute atomic E-state index is 0.0791. The molecular formula is C22H23N3O5S. The molecule has 0 N–H and O–H groups in total. The lowest BCUT2D eigenvalue weighted by atomic mass is 10.2. The molecule has 0 atom stereocenters. The minimum Gasteiger partial charge on any atom is -0.493 e. The van der Waals surface area contributed by atoms with Crippen LogP contribution in [0.1, 0.15) is 13.3 Å². The van der Waals surface area contributed by atoms with Crippen LogP contribution in [0.5, 0.6) is 11.5 Å². The molecule has 8 nitrogen and oxygen atoms in total. The van der Waals surface area contributed by atoms with Crippen molar-refractivity contribution in [2.75, 3.05) is 26.6 Å². The number of hydrogen-bond acceptors (Lipinski definition) is 8. The Labute approximate surface area is 184 Å². The third-order valence-electron chi connectivity index (χ3n) is 4.30. The molecule has 2 aromatic carbocycles. The number of hydrogen-bond donors (Lipinski definition) is 0. The highest BCUT2D eigenvalue weighted by Crippen LogP contribution is 2.34. The minimum atomic E-state index is -0.524. The van der Waals surface area contributed by atoms with Gasteiger partial charge in [-0.2, -0.15) is 0 Å². The van der Waals surface area contributed by atoms with Crippen LogP contribution < -0.4 is 9.47 Å². The van der Waals surface area contributed by atoms with Gasteiger partial charge in [-0.05, 0) is 37.3 Å². The summed E-state index contributed by atoms with van der Waals surface area (Å²) in [5.74, 6) is 1.09. The van der Waals surface area contributed by atoms with Crippen molar-refractivity contribution in [1.29, 1.82) is 0 Å². The molecule has 0 radical (unpaired) electrons. The molecule has 1 heterocycles. The van der Waals surface area contributed by atoms with Crippen LogP contribution in [0, 0.1) is 0 Å². The lowest BCUT2D eigenvalue weighted by molar-refractivity contribution is -0.145. The number of ether oxygens (including phenoxy) is 3. The molecule has 0 bridgehead atoms. The summed E-state index contributed by atoms with van der Waals surface area (Å²) in [4.78, 5) is 23.7. The second kappa shape index (κ2) is 10.6. The molecule has 1 aromatic heterocycles. The van der Waals surface area contributed by atoms with Crippen molar-refractivity contribution in [3.63, 3.8) is 0 Å². The smallest absolute Gasteiger partial charge is 0.313 e. The lowest BCUT2D eigenvalue weighted by Gasteiger charge is -2.12. The van der Waals surface area contributed by atoms with Crippen molar-refractivity contribution in [1.82, 2.24) is 14.8 Å². The summed E-state index contributed by atoms with van der Waals surface area (Å²) in [6.45, 7) is 1.95. The highest BCUT2D eigenvalue weighted by Gasteiger charge is 2.19. The molecule has 3 rings (SSSR count). The number of rotatable bonds is 10. The average Bonchev–Trinajstić information content (AvgIpc) is 3.22. The maximum Gasteiger partial charge on any atom is 0.313 e. The number of thioether (sulfide) groups is 1. The zero-order valence-electron chi connectivity index (χ0n) is 17.5. The monoisotopic (exact) mass is 441 g/mol. The first-order valence-electron chi connectivity index (χ1n) is 9.60. The van der Waals surface area contributed by atoms with Crippen LogP contribution in [-0.2, 0) is 14.3 Å². The van der Waals surface area contributed by atoms with Gasteiger partial charge in [-0.3, -0.25) is 14.2 Å². The fourth-order valence-electron chi connectivity index (χ4n) is 2.90. The molecule has 9 heteroatoms. The Morgan fingerprint density at radius 2 is 1.74 bits per heavy atom. The summed E-state index contributed by atoms with van der Waals surface area (Å²) in [6.07, 6.45) is -0.261. The number of esters is 1. The predicted molar refractivity (Wildman–Crippen MR) is 117 cm³/mol. The molecule has 0 saturated carbocycles. The second-order valence-corrected chi connectivity index (χ2v) is 7.30. The van der Waals surface area contributed by atoms with Crippen molar-refractivity contribution in [3.05, 3.63) is 48.5 Å². The molecule has 0 amide bonds. The van der Waals surface area contributed by atoms with E-state index in [4.69, 9.17) is 14.2 Å². The summed E-state index contributed by atoms with van der Waals surface area (Å²) in [5, 5.41) is 9.18. The largest absolute Gasteiger partial charge is 0.493 e. The van der Waals surface area contributed by atoms with Gasteiger partial charge in [0, 0.05) is 11.3 Å². The van der Waals surface area contributed by atoms with Gasteiger partial charge in [-0.15, -0.1) is 10.2 Å². The van der Waals surface area contributed by atoms with Gasteiger partial charge in [0.25, 0.3) is 0 Å². The number of carbonyl (C=O) groups excluding carboxylic acids is 2. The Kier molecular flexibility index (Phi) is 7.66. The van der Waals surface area contributed by atoms with Crippen LogP contribution in [0.2, 0.25) is 0 Å². The number of aromatic nitrogens is 3. The predicted octanol–water partition coefficient (Wildman–Crippen LogP) is 3.57. The maximum absolute atomic E-state index is 12.2. The zero-order valence-corrected chi connectivity index (χ0v) is 18.3. The van der Waals surface area contributed by atoms with Gasteiger partial charge < -0.3 is 14.2 Å². The zero-order chi connectivity index (χ0) is 22.2. The van der Waals surface area contributed by atoms with E-state index in [0.717, 1.165) is 11.3 Å². The standard InChI is InChI=1S/C22H23N3O5S/c1-4-30-20(27)13-17(26)14-31-22-24-23-21(25(22)16-8-6-5-7-9-16)15-10-11-18(28-2)19(12-15)29-3/h5-12H,4,13-14H2,1-3H3. The number of ketones is 1. The summed E-state index contributed by atoms with van der Waals surface area (Å²) >= 11 is 1.22. The maximum atomic E-state index is 12.2. The number of para-hydroxylation sites is 1. The van der Waals surface area contributed by atoms with Crippen LogP contribution in [0.15, 0.2) is 53.7 Å². The highest BCUT2D eigenvalue weighted by atomic mass is 32.2. The topological polar surface area (TPSA) is 92.5 Å². The van der Waals surface area contributed by atoms with Crippen molar-refractivity contribution >= 4 is 23.5 Å². The third-order valence-corrected chi connectivity index (χ3v) is 5.29. The average molecular weight is 442 g/mol. The Morgan fingerprint density at radius 1 is 1.00 bits per heavy atom. The van der Waals surface area contributed by atoms with E-state index in [0.29, 0.717) is 22.5 Å². The molecular weight excluding hydrogens is 418 g/mol. The van der Waals surface area contributed by atoms with Crippen molar-refractivity contribution in [2.45, 2.75) is 18.5 Å². The van der Waals surface area contributed by atoms with Crippen LogP contribution >= 0.6 is 11.8 Å². The van der Waals surface area contributed by atoms with Gasteiger partial charge in [-0.25, -0.2) is 0 Å². The molecule has 0 unspecified atom stereocenters. The van der Waals surface area contributed by atoms with Gasteiger partial charge >= 0.3 is 5.97 Å². The van der Waals surface area contributed by atoms with E-state index < -0.39 is 5.97 Å². The molecule has 0 aliphatic carbocycles. The van der Waals surface area contributed by atoms with Gasteiger partial charge in [0.15, 0.2) is 28.3 Å². The molecule has 0 spiro atoms. The van der Waals surface area contributed by atoms with Crippen LogP contribution in [0.25, 0.3) is 17.1 Å². The van der Waals surface area contributed by atoms with Crippen molar-refractivity contribution in [3.8, 4) is 28.6 Å². The number of methoxy groups -OCH3 is 2. The SMILES string of the molecule is CCOC(=O)CC(=O)CSc1nnc(-c2ccc(OC)c(OC)c2)n1-c1ccccc1. The van der Waals surface area contributed by atoms with Gasteiger partial charge in [0.2, 0.25) is 0 Å². The Balaban J connectivity index is 1.92. The molecule has 0 aliphatic rings. The van der Waals surface area contributed by atoms with Crippen LogP contribution in [0.4, 0.5) is 0 Å². The van der Waals surface area contributed by atoms with Crippen LogP contribution in [0.3, 0.4) is 0 Å². The van der Waals surface area contributed by atoms with E-state index in [1.54, 1.807) is 27.2 Å². The number of Topliss-reactive ketones (excluding diaryl/α,β-unsaturated/α-hetero) is 1. The first kappa shape index (κ1) is 22.4. The Morgan fingerprint density at radius 3 is 2.42 bits per heavy atom. The molecule has 31 heavy (non-hydrogen) atoms. The lowest BCUT2D eigenvalue weighted by Crippen LogP contribution is -2.13. The Hall–Kier alpha value is -3.33. The van der Waals surface area contributed by atoms with E-state index in [9.17, 15) is 9.59 Å². The number of carbonyl (C=O) groups is 2. The van der Waals surface area contributed by atoms with E-state index in [1.165, 1.54) is 11.8 Å². The number of benzene rings is 2. The van der Waals surface area contributed by atoms with E-state index in [2.05, 4.69) is 10.2 Å². The summed E-state index contributed by atoms with van der Waals surface area (Å²) < 4.78 is 17.4. The second-order valence-electron chi connectivity index (χ2n) is 6.36. The molecule has 0 saturated heterocycles. The summed E-state index contributed by atoms with van der Waals surface area (Å²) in [6, 6.07) is 15.1. The molecule has 0 aliphatic heterocycles. The summed E-state index contributed by atoms with van der Waals surface area (Å²) in [7, 11) is 3.14. The molecule has 3 aromatic rings. The normalized spacial score (nSPS) is 10.5. The number of nitrogens with zero attached hydrogens (tertiary/aromatic N) is 3. The Bertz CT molecular complexity index is 1050. The summed E-state index contributed by atoms with van der Waals surface area (Å²) in [5.41, 5.74) is 1.62. The fraction of sp³-hybridized carbons (Fsp3) is 0.273. The van der Waals surface area contributed by atoms with Crippen molar-refractivity contribution in [2.24, 2.45) is 0 Å². The van der Waals surface area contributed by atoms with Gasteiger partial charge in [-0.1, -0.05) is 30.0 Å². The van der Waals surface area contributed by atoms with Gasteiger partial charge in [0.1, 0.15) is 6.42 Å². The van der Waals surface area contributed by atoms with E-state index in [-0.39, 0.29) is 24.6 Å². The van der Waals surface area contributed by atoms with E-state index >= 15 is 0 Å². The molecule has 162 valence electrons. The molecule has 0 fully saturated rings. The highest BCUT2D eigenvalue weighted by molar-refractivity contribution is 7.99. The van der Waals surface area contributed by atoms with E-state index in [1.807, 2.05) is 47.0 Å². The van der Waals surface area contributed by atoms with Crippen LogP contribution in [-0.4, -0.2) is 53.1 Å². The quantitative estimate of drug-likeness (QED) is 0.268. The fourth-order valence-corrected chi connectivity index (χ4v) is 3.72. The first-order valence-corrected chi connectivity index (χ1v) is 10.6.